The molecule has 1 aromatic carbocycles. The van der Waals surface area contributed by atoms with Gasteiger partial charge in [0.2, 0.25) is 5.91 Å². The molecule has 0 bridgehead atoms. The van der Waals surface area contributed by atoms with Crippen LogP contribution in [0.3, 0.4) is 0 Å². The summed E-state index contributed by atoms with van der Waals surface area (Å²) in [4.78, 5) is 15.1. The number of ether oxygens (including phenoxy) is 1. The lowest BCUT2D eigenvalue weighted by atomic mass is 9.65. The quantitative estimate of drug-likeness (QED) is 0.911. The molecule has 2 N–H and O–H groups in total. The van der Waals surface area contributed by atoms with Crippen LogP contribution in [0.25, 0.3) is 0 Å². The van der Waals surface area contributed by atoms with Crippen molar-refractivity contribution in [2.24, 2.45) is 11.1 Å². The number of nitrogens with zero attached hydrogens (tertiary/aromatic N) is 1. The van der Waals surface area contributed by atoms with E-state index in [1.54, 1.807) is 6.07 Å². The molecule has 4 rings (SSSR count). The molecule has 2 aliphatic heterocycles. The van der Waals surface area contributed by atoms with E-state index in [-0.39, 0.29) is 17.1 Å². The molecule has 0 aromatic heterocycles. The van der Waals surface area contributed by atoms with Crippen LogP contribution in [-0.2, 0) is 14.9 Å². The molecule has 1 amide bonds. The molecule has 23 heavy (non-hydrogen) atoms. The van der Waals surface area contributed by atoms with Crippen molar-refractivity contribution in [2.75, 3.05) is 31.2 Å². The third-order valence-electron chi connectivity index (χ3n) is 6.12. The van der Waals surface area contributed by atoms with Gasteiger partial charge in [0, 0.05) is 37.3 Å². The number of anilines is 1. The number of carbonyl (C=O) groups excluding carboxylic acids is 1. The Morgan fingerprint density at radius 3 is 2.61 bits per heavy atom. The number of hydrogen-bond donors (Lipinski definition) is 1. The standard InChI is InChI=1S/C18H23FN2O2/c19-13-3-1-4-14-15(13)18(5-2-6-18)12-21(14)16(22)17(11-20)7-9-23-10-8-17/h1,3-4H,2,5-12,20H2. The summed E-state index contributed by atoms with van der Waals surface area (Å²) in [5, 5.41) is 0. The summed E-state index contributed by atoms with van der Waals surface area (Å²) < 4.78 is 19.9. The lowest BCUT2D eigenvalue weighted by molar-refractivity contribution is -0.133. The fourth-order valence-corrected chi connectivity index (χ4v) is 4.48. The van der Waals surface area contributed by atoms with Gasteiger partial charge in [0.05, 0.1) is 11.1 Å². The minimum atomic E-state index is -0.558. The van der Waals surface area contributed by atoms with Crippen molar-refractivity contribution < 1.29 is 13.9 Å². The van der Waals surface area contributed by atoms with E-state index in [2.05, 4.69) is 0 Å². The molecule has 0 radical (unpaired) electrons. The van der Waals surface area contributed by atoms with Gasteiger partial charge in [-0.15, -0.1) is 0 Å². The average molecular weight is 318 g/mol. The van der Waals surface area contributed by atoms with Crippen LogP contribution in [0.2, 0.25) is 0 Å². The first kappa shape index (κ1) is 15.1. The number of rotatable bonds is 2. The number of hydrogen-bond acceptors (Lipinski definition) is 3. The summed E-state index contributed by atoms with van der Waals surface area (Å²) in [6.45, 7) is 2.06. The summed E-state index contributed by atoms with van der Waals surface area (Å²) in [7, 11) is 0. The number of halogens is 1. The van der Waals surface area contributed by atoms with Crippen molar-refractivity contribution in [3.05, 3.63) is 29.6 Å². The van der Waals surface area contributed by atoms with Gasteiger partial charge in [-0.1, -0.05) is 12.5 Å². The predicted molar refractivity (Wildman–Crippen MR) is 85.8 cm³/mol. The molecule has 1 spiro atoms. The molecule has 0 atom stereocenters. The minimum absolute atomic E-state index is 0.0546. The number of nitrogens with two attached hydrogens (primary N) is 1. The van der Waals surface area contributed by atoms with E-state index in [0.29, 0.717) is 39.1 Å². The molecule has 1 saturated carbocycles. The second-order valence-corrected chi connectivity index (χ2v) is 7.26. The summed E-state index contributed by atoms with van der Waals surface area (Å²) >= 11 is 0. The van der Waals surface area contributed by atoms with Crippen molar-refractivity contribution >= 4 is 11.6 Å². The van der Waals surface area contributed by atoms with Crippen LogP contribution in [0.5, 0.6) is 0 Å². The van der Waals surface area contributed by atoms with E-state index < -0.39 is 5.41 Å². The van der Waals surface area contributed by atoms with Gasteiger partial charge in [-0.2, -0.15) is 0 Å². The Kier molecular flexibility index (Phi) is 3.46. The Hall–Kier alpha value is -1.46. The topological polar surface area (TPSA) is 55.6 Å². The predicted octanol–water partition coefficient (Wildman–Crippen LogP) is 2.35. The highest BCUT2D eigenvalue weighted by atomic mass is 19.1. The molecule has 3 aliphatic rings. The number of benzene rings is 1. The van der Waals surface area contributed by atoms with Gasteiger partial charge in [-0.3, -0.25) is 4.79 Å². The fraction of sp³-hybridized carbons (Fsp3) is 0.611. The molecule has 0 unspecified atom stereocenters. The van der Waals surface area contributed by atoms with Crippen molar-refractivity contribution in [2.45, 2.75) is 37.5 Å². The van der Waals surface area contributed by atoms with Gasteiger partial charge in [0.1, 0.15) is 5.82 Å². The van der Waals surface area contributed by atoms with E-state index in [4.69, 9.17) is 10.5 Å². The second kappa shape index (κ2) is 5.28. The third kappa shape index (κ3) is 2.06. The van der Waals surface area contributed by atoms with Crippen LogP contribution in [0.1, 0.15) is 37.7 Å². The molecule has 1 saturated heterocycles. The van der Waals surface area contributed by atoms with Crippen LogP contribution in [0.15, 0.2) is 18.2 Å². The number of amides is 1. The molecule has 4 nitrogen and oxygen atoms in total. The summed E-state index contributed by atoms with van der Waals surface area (Å²) in [5.74, 6) is -0.120. The zero-order valence-corrected chi connectivity index (χ0v) is 13.3. The maximum atomic E-state index is 14.5. The first-order chi connectivity index (χ1) is 11.1. The summed E-state index contributed by atoms with van der Waals surface area (Å²) in [6.07, 6.45) is 4.32. The molecular weight excluding hydrogens is 295 g/mol. The van der Waals surface area contributed by atoms with E-state index in [0.717, 1.165) is 30.5 Å². The Balaban J connectivity index is 1.73. The monoisotopic (exact) mass is 318 g/mol. The molecule has 124 valence electrons. The molecule has 2 fully saturated rings. The van der Waals surface area contributed by atoms with Crippen LogP contribution < -0.4 is 10.6 Å². The normalized spacial score (nSPS) is 24.3. The third-order valence-corrected chi connectivity index (χ3v) is 6.12. The Labute approximate surface area is 135 Å². The van der Waals surface area contributed by atoms with E-state index >= 15 is 0 Å². The van der Waals surface area contributed by atoms with Gasteiger partial charge in [-0.25, -0.2) is 4.39 Å². The maximum absolute atomic E-state index is 14.5. The van der Waals surface area contributed by atoms with E-state index in [9.17, 15) is 9.18 Å². The lowest BCUT2D eigenvalue weighted by Gasteiger charge is -2.41. The Bertz CT molecular complexity index is 636. The number of carbonyl (C=O) groups is 1. The molecule has 1 aromatic rings. The summed E-state index contributed by atoms with van der Waals surface area (Å²) in [5.41, 5.74) is 6.77. The van der Waals surface area contributed by atoms with Crippen molar-refractivity contribution in [1.82, 2.24) is 0 Å². The van der Waals surface area contributed by atoms with Crippen molar-refractivity contribution in [1.29, 1.82) is 0 Å². The second-order valence-electron chi connectivity index (χ2n) is 7.26. The molecular formula is C18H23FN2O2. The van der Waals surface area contributed by atoms with Gasteiger partial charge < -0.3 is 15.4 Å². The zero-order chi connectivity index (χ0) is 16.1. The minimum Gasteiger partial charge on any atom is -0.381 e. The zero-order valence-electron chi connectivity index (χ0n) is 13.3. The van der Waals surface area contributed by atoms with Gasteiger partial charge >= 0.3 is 0 Å². The largest absolute Gasteiger partial charge is 0.381 e. The molecule has 5 heteroatoms. The van der Waals surface area contributed by atoms with Crippen molar-refractivity contribution in [3.63, 3.8) is 0 Å². The molecule has 2 heterocycles. The fourth-order valence-electron chi connectivity index (χ4n) is 4.48. The van der Waals surface area contributed by atoms with Gasteiger partial charge in [-0.05, 0) is 37.8 Å². The first-order valence-electron chi connectivity index (χ1n) is 8.51. The highest BCUT2D eigenvalue weighted by Gasteiger charge is 2.53. The molecule has 1 aliphatic carbocycles. The Morgan fingerprint density at radius 2 is 2.00 bits per heavy atom. The van der Waals surface area contributed by atoms with Crippen LogP contribution in [-0.4, -0.2) is 32.2 Å². The Morgan fingerprint density at radius 1 is 1.26 bits per heavy atom. The van der Waals surface area contributed by atoms with Gasteiger partial charge in [0.25, 0.3) is 0 Å². The highest BCUT2D eigenvalue weighted by Crippen LogP contribution is 2.54. The van der Waals surface area contributed by atoms with Crippen LogP contribution in [0.4, 0.5) is 10.1 Å². The van der Waals surface area contributed by atoms with Crippen molar-refractivity contribution in [3.8, 4) is 0 Å². The highest BCUT2D eigenvalue weighted by molar-refractivity contribution is 6.00. The van der Waals surface area contributed by atoms with E-state index in [1.165, 1.54) is 6.07 Å². The van der Waals surface area contributed by atoms with Crippen LogP contribution >= 0.6 is 0 Å². The van der Waals surface area contributed by atoms with Crippen LogP contribution in [0, 0.1) is 11.2 Å². The SMILES string of the molecule is NCC1(C(=O)N2CC3(CCC3)c3c(F)cccc32)CCOCC1. The average Bonchev–Trinajstić information content (AvgIpc) is 2.92. The maximum Gasteiger partial charge on any atom is 0.234 e. The van der Waals surface area contributed by atoms with Gasteiger partial charge in [0.15, 0.2) is 0 Å². The lowest BCUT2D eigenvalue weighted by Crippen LogP contribution is -2.52. The van der Waals surface area contributed by atoms with E-state index in [1.807, 2.05) is 11.0 Å². The first-order valence-corrected chi connectivity index (χ1v) is 8.51. The summed E-state index contributed by atoms with van der Waals surface area (Å²) in [6, 6.07) is 5.10. The smallest absolute Gasteiger partial charge is 0.234 e. The number of fused-ring (bicyclic) bond motifs is 2.